The van der Waals surface area contributed by atoms with Crippen molar-refractivity contribution in [3.63, 3.8) is 0 Å². The van der Waals surface area contributed by atoms with E-state index in [1.165, 1.54) is 4.68 Å². The van der Waals surface area contributed by atoms with Crippen molar-refractivity contribution in [2.24, 2.45) is 11.5 Å². The van der Waals surface area contributed by atoms with Crippen molar-refractivity contribution in [1.29, 1.82) is 0 Å². The minimum absolute atomic E-state index is 0.104. The highest BCUT2D eigenvalue weighted by atomic mass is 16.5. The van der Waals surface area contributed by atoms with Gasteiger partial charge in [0, 0.05) is 17.7 Å². The van der Waals surface area contributed by atoms with Gasteiger partial charge in [-0.2, -0.15) is 5.10 Å². The van der Waals surface area contributed by atoms with Gasteiger partial charge < -0.3 is 27.0 Å². The molecule has 1 aromatic heterocycles. The number of phenols is 1. The summed E-state index contributed by atoms with van der Waals surface area (Å²) in [5, 5.41) is 14.7. The fraction of sp³-hybridized carbons (Fsp3) is 0.200. The molecule has 1 amide bonds. The van der Waals surface area contributed by atoms with Crippen molar-refractivity contribution >= 4 is 11.7 Å². The summed E-state index contributed by atoms with van der Waals surface area (Å²) in [6.45, 7) is 4.37. The van der Waals surface area contributed by atoms with E-state index >= 15 is 0 Å². The first-order valence-corrected chi connectivity index (χ1v) is 8.76. The second-order valence-corrected chi connectivity index (χ2v) is 6.43. The Balaban J connectivity index is 2.21. The SMILES string of the molecule is Cc1ccc(O)c(C)c1-n1nc(-c2cccc(OCCN)c2)c(C(N)=O)c1N. The monoisotopic (exact) mass is 381 g/mol. The highest BCUT2D eigenvalue weighted by molar-refractivity contribution is 6.03. The molecule has 0 radical (unpaired) electrons. The molecule has 0 aliphatic rings. The van der Waals surface area contributed by atoms with E-state index in [2.05, 4.69) is 5.10 Å². The maximum atomic E-state index is 12.1. The highest BCUT2D eigenvalue weighted by Gasteiger charge is 2.24. The first-order chi connectivity index (χ1) is 13.3. The van der Waals surface area contributed by atoms with Gasteiger partial charge in [-0.25, -0.2) is 4.68 Å². The molecule has 146 valence electrons. The third kappa shape index (κ3) is 3.37. The van der Waals surface area contributed by atoms with Crippen LogP contribution in [0.1, 0.15) is 21.5 Å². The molecule has 3 aromatic rings. The quantitative estimate of drug-likeness (QED) is 0.513. The molecule has 0 bridgehead atoms. The second kappa shape index (κ2) is 7.61. The van der Waals surface area contributed by atoms with Crippen molar-refractivity contribution in [1.82, 2.24) is 9.78 Å². The Labute approximate surface area is 162 Å². The van der Waals surface area contributed by atoms with E-state index in [4.69, 9.17) is 21.9 Å². The molecule has 0 atom stereocenters. The number of primary amides is 1. The fourth-order valence-corrected chi connectivity index (χ4v) is 3.11. The molecule has 0 aliphatic carbocycles. The smallest absolute Gasteiger partial charge is 0.254 e. The Morgan fingerprint density at radius 1 is 1.25 bits per heavy atom. The normalized spacial score (nSPS) is 10.8. The number of ether oxygens (including phenoxy) is 1. The van der Waals surface area contributed by atoms with E-state index in [-0.39, 0.29) is 17.1 Å². The van der Waals surface area contributed by atoms with Gasteiger partial charge in [0.2, 0.25) is 0 Å². The van der Waals surface area contributed by atoms with Crippen LogP contribution in [0.4, 0.5) is 5.82 Å². The summed E-state index contributed by atoms with van der Waals surface area (Å²) in [5.74, 6) is 0.112. The Hall–Kier alpha value is -3.52. The van der Waals surface area contributed by atoms with Crippen LogP contribution in [0, 0.1) is 13.8 Å². The summed E-state index contributed by atoms with van der Waals surface area (Å²) in [6.07, 6.45) is 0. The largest absolute Gasteiger partial charge is 0.508 e. The lowest BCUT2D eigenvalue weighted by Gasteiger charge is -2.12. The van der Waals surface area contributed by atoms with Crippen molar-refractivity contribution in [2.75, 3.05) is 18.9 Å². The summed E-state index contributed by atoms with van der Waals surface area (Å²) in [5.41, 5.74) is 20.4. The molecule has 3 rings (SSSR count). The van der Waals surface area contributed by atoms with Gasteiger partial charge in [-0.1, -0.05) is 18.2 Å². The number of carbonyl (C=O) groups is 1. The van der Waals surface area contributed by atoms with E-state index in [9.17, 15) is 9.90 Å². The average Bonchev–Trinajstić information content (AvgIpc) is 3.01. The van der Waals surface area contributed by atoms with Gasteiger partial charge in [0.1, 0.15) is 35.2 Å². The molecule has 0 aliphatic heterocycles. The van der Waals surface area contributed by atoms with Crippen LogP contribution in [0.5, 0.6) is 11.5 Å². The predicted molar refractivity (Wildman–Crippen MR) is 108 cm³/mol. The summed E-state index contributed by atoms with van der Waals surface area (Å²) in [6, 6.07) is 10.5. The molecule has 0 fully saturated rings. The molecule has 8 heteroatoms. The number of nitrogens with zero attached hydrogens (tertiary/aromatic N) is 2. The Bertz CT molecular complexity index is 1040. The first kappa shape index (κ1) is 19.2. The van der Waals surface area contributed by atoms with Crippen LogP contribution >= 0.6 is 0 Å². The Morgan fingerprint density at radius 2 is 2.00 bits per heavy atom. The molecule has 7 N–H and O–H groups in total. The van der Waals surface area contributed by atoms with Crippen LogP contribution in [-0.4, -0.2) is 33.9 Å². The molecule has 0 unspecified atom stereocenters. The van der Waals surface area contributed by atoms with Crippen LogP contribution in [0.25, 0.3) is 16.9 Å². The van der Waals surface area contributed by atoms with E-state index in [1.54, 1.807) is 43.3 Å². The fourth-order valence-electron chi connectivity index (χ4n) is 3.11. The third-order valence-electron chi connectivity index (χ3n) is 4.48. The molecular weight excluding hydrogens is 358 g/mol. The molecule has 1 heterocycles. The van der Waals surface area contributed by atoms with Crippen molar-refractivity contribution in [3.8, 4) is 28.4 Å². The van der Waals surface area contributed by atoms with Crippen LogP contribution in [0.2, 0.25) is 0 Å². The molecule has 0 spiro atoms. The number of amides is 1. The summed E-state index contributed by atoms with van der Waals surface area (Å²) in [4.78, 5) is 12.1. The van der Waals surface area contributed by atoms with E-state index in [0.29, 0.717) is 41.4 Å². The second-order valence-electron chi connectivity index (χ2n) is 6.43. The number of nitrogen functional groups attached to an aromatic ring is 1. The van der Waals surface area contributed by atoms with Gasteiger partial charge in [-0.15, -0.1) is 0 Å². The molecule has 2 aromatic carbocycles. The molecular formula is C20H23N5O3. The van der Waals surface area contributed by atoms with Crippen LogP contribution in [0.15, 0.2) is 36.4 Å². The van der Waals surface area contributed by atoms with E-state index in [0.717, 1.165) is 5.56 Å². The zero-order valence-corrected chi connectivity index (χ0v) is 15.8. The lowest BCUT2D eigenvalue weighted by molar-refractivity contribution is 0.100. The molecule has 0 saturated heterocycles. The Kier molecular flexibility index (Phi) is 5.23. The number of hydrogen-bond donors (Lipinski definition) is 4. The number of rotatable bonds is 6. The zero-order chi connectivity index (χ0) is 20.4. The van der Waals surface area contributed by atoms with Crippen LogP contribution < -0.4 is 21.9 Å². The van der Waals surface area contributed by atoms with Crippen LogP contribution in [-0.2, 0) is 0 Å². The van der Waals surface area contributed by atoms with Crippen molar-refractivity contribution in [2.45, 2.75) is 13.8 Å². The average molecular weight is 381 g/mol. The molecule has 8 nitrogen and oxygen atoms in total. The molecule has 0 saturated carbocycles. The first-order valence-electron chi connectivity index (χ1n) is 8.76. The summed E-state index contributed by atoms with van der Waals surface area (Å²) >= 11 is 0. The maximum Gasteiger partial charge on any atom is 0.254 e. The molecule has 28 heavy (non-hydrogen) atoms. The third-order valence-corrected chi connectivity index (χ3v) is 4.48. The predicted octanol–water partition coefficient (Wildman–Crippen LogP) is 1.88. The lowest BCUT2D eigenvalue weighted by Crippen LogP contribution is -2.14. The van der Waals surface area contributed by atoms with Gasteiger partial charge in [0.25, 0.3) is 5.91 Å². The number of aryl methyl sites for hydroxylation is 1. The van der Waals surface area contributed by atoms with Gasteiger partial charge in [-0.3, -0.25) is 4.79 Å². The lowest BCUT2D eigenvalue weighted by atomic mass is 10.1. The van der Waals surface area contributed by atoms with Crippen LogP contribution in [0.3, 0.4) is 0 Å². The number of benzene rings is 2. The number of carbonyl (C=O) groups excluding carboxylic acids is 1. The highest BCUT2D eigenvalue weighted by Crippen LogP contribution is 2.34. The van der Waals surface area contributed by atoms with Gasteiger partial charge in [0.05, 0.1) is 5.69 Å². The number of nitrogens with two attached hydrogens (primary N) is 3. The summed E-state index contributed by atoms with van der Waals surface area (Å²) in [7, 11) is 0. The van der Waals surface area contributed by atoms with Gasteiger partial charge in [0.15, 0.2) is 0 Å². The standard InChI is InChI=1S/C20H23N5O3/c1-11-6-7-15(26)12(2)18(11)25-19(22)16(20(23)27)17(24-25)13-4-3-5-14(10-13)28-9-8-21/h3-7,10,26H,8-9,21-22H2,1-2H3,(H2,23,27). The maximum absolute atomic E-state index is 12.1. The topological polar surface area (TPSA) is 142 Å². The number of phenolic OH excluding ortho intramolecular Hbond substituents is 1. The van der Waals surface area contributed by atoms with Crippen molar-refractivity contribution in [3.05, 3.63) is 53.1 Å². The number of aromatic nitrogens is 2. The van der Waals surface area contributed by atoms with Gasteiger partial charge >= 0.3 is 0 Å². The van der Waals surface area contributed by atoms with E-state index < -0.39 is 5.91 Å². The minimum atomic E-state index is -0.692. The Morgan fingerprint density at radius 3 is 2.68 bits per heavy atom. The van der Waals surface area contributed by atoms with Crippen molar-refractivity contribution < 1.29 is 14.6 Å². The number of anilines is 1. The number of hydrogen-bond acceptors (Lipinski definition) is 6. The number of aromatic hydroxyl groups is 1. The minimum Gasteiger partial charge on any atom is -0.508 e. The summed E-state index contributed by atoms with van der Waals surface area (Å²) < 4.78 is 6.99. The van der Waals surface area contributed by atoms with E-state index in [1.807, 2.05) is 6.92 Å². The zero-order valence-electron chi connectivity index (χ0n) is 15.8. The van der Waals surface area contributed by atoms with Gasteiger partial charge in [-0.05, 0) is 37.6 Å².